The van der Waals surface area contributed by atoms with Gasteiger partial charge in [-0.15, -0.1) is 0 Å². The lowest BCUT2D eigenvalue weighted by atomic mass is 9.97. The molecule has 2 aromatic carbocycles. The van der Waals surface area contributed by atoms with Gasteiger partial charge in [0.15, 0.2) is 12.1 Å². The van der Waals surface area contributed by atoms with E-state index in [0.717, 1.165) is 16.3 Å². The first-order valence-electron chi connectivity index (χ1n) is 7.93. The molecule has 6 heteroatoms. The van der Waals surface area contributed by atoms with Gasteiger partial charge >= 0.3 is 5.97 Å². The SMILES string of the molecule is Cc1ocnc1C(=O)NC[C@H](Cc1ccc2ccccc2c1)C(=O)O. The number of fused-ring (bicyclic) bond motifs is 1. The maximum Gasteiger partial charge on any atom is 0.308 e. The summed E-state index contributed by atoms with van der Waals surface area (Å²) < 4.78 is 4.99. The molecule has 3 rings (SSSR count). The molecule has 0 aliphatic rings. The van der Waals surface area contributed by atoms with Crippen LogP contribution in [0.1, 0.15) is 21.8 Å². The molecule has 0 unspecified atom stereocenters. The number of benzene rings is 2. The van der Waals surface area contributed by atoms with Crippen LogP contribution in [0.5, 0.6) is 0 Å². The molecule has 0 aliphatic carbocycles. The van der Waals surface area contributed by atoms with Crippen LogP contribution in [0.2, 0.25) is 0 Å². The Bertz CT molecular complexity index is 916. The van der Waals surface area contributed by atoms with Crippen molar-refractivity contribution >= 4 is 22.6 Å². The highest BCUT2D eigenvalue weighted by molar-refractivity contribution is 5.93. The molecule has 2 N–H and O–H groups in total. The molecule has 1 amide bonds. The molecule has 3 aromatic rings. The van der Waals surface area contributed by atoms with Crippen LogP contribution in [0.15, 0.2) is 53.3 Å². The Balaban J connectivity index is 1.69. The van der Waals surface area contributed by atoms with Crippen LogP contribution in [0.25, 0.3) is 10.8 Å². The van der Waals surface area contributed by atoms with Crippen LogP contribution in [0, 0.1) is 12.8 Å². The first-order valence-corrected chi connectivity index (χ1v) is 7.93. The summed E-state index contributed by atoms with van der Waals surface area (Å²) in [6, 6.07) is 13.8. The Morgan fingerprint density at radius 3 is 2.64 bits per heavy atom. The van der Waals surface area contributed by atoms with Gasteiger partial charge in [0.1, 0.15) is 5.76 Å². The number of aromatic nitrogens is 1. The topological polar surface area (TPSA) is 92.4 Å². The molecule has 1 aromatic heterocycles. The van der Waals surface area contributed by atoms with E-state index in [1.165, 1.54) is 6.39 Å². The quantitative estimate of drug-likeness (QED) is 0.721. The number of nitrogens with zero attached hydrogens (tertiary/aromatic N) is 1. The number of hydrogen-bond donors (Lipinski definition) is 2. The molecule has 6 nitrogen and oxygen atoms in total. The van der Waals surface area contributed by atoms with Gasteiger partial charge in [0.2, 0.25) is 0 Å². The molecule has 0 radical (unpaired) electrons. The van der Waals surface area contributed by atoms with Crippen LogP contribution in [0.4, 0.5) is 0 Å². The van der Waals surface area contributed by atoms with Gasteiger partial charge in [0, 0.05) is 6.54 Å². The maximum absolute atomic E-state index is 12.1. The number of oxazole rings is 1. The molecular weight excluding hydrogens is 320 g/mol. The molecule has 0 aliphatic heterocycles. The highest BCUT2D eigenvalue weighted by atomic mass is 16.4. The fourth-order valence-electron chi connectivity index (χ4n) is 2.72. The molecule has 0 fully saturated rings. The van der Waals surface area contributed by atoms with Gasteiger partial charge in [0.25, 0.3) is 5.91 Å². The van der Waals surface area contributed by atoms with Crippen molar-refractivity contribution in [2.24, 2.45) is 5.92 Å². The van der Waals surface area contributed by atoms with Crippen LogP contribution < -0.4 is 5.32 Å². The minimum absolute atomic E-state index is 0.0211. The minimum Gasteiger partial charge on any atom is -0.481 e. The van der Waals surface area contributed by atoms with Gasteiger partial charge in [-0.25, -0.2) is 4.98 Å². The summed E-state index contributed by atoms with van der Waals surface area (Å²) in [7, 11) is 0. The highest BCUT2D eigenvalue weighted by Gasteiger charge is 2.21. The van der Waals surface area contributed by atoms with E-state index in [1.807, 2.05) is 42.5 Å². The van der Waals surface area contributed by atoms with Crippen LogP contribution in [-0.4, -0.2) is 28.5 Å². The summed E-state index contributed by atoms with van der Waals surface area (Å²) in [5.74, 6) is -1.71. The van der Waals surface area contributed by atoms with E-state index in [1.54, 1.807) is 6.92 Å². The van der Waals surface area contributed by atoms with Crippen molar-refractivity contribution in [2.45, 2.75) is 13.3 Å². The Labute approximate surface area is 144 Å². The molecule has 1 atom stereocenters. The van der Waals surface area contributed by atoms with E-state index in [2.05, 4.69) is 10.3 Å². The second-order valence-electron chi connectivity index (χ2n) is 5.89. The molecule has 0 saturated heterocycles. The number of amides is 1. The van der Waals surface area contributed by atoms with Crippen molar-refractivity contribution < 1.29 is 19.1 Å². The number of aryl methyl sites for hydroxylation is 1. The van der Waals surface area contributed by atoms with E-state index in [0.29, 0.717) is 12.2 Å². The molecule has 25 heavy (non-hydrogen) atoms. The van der Waals surface area contributed by atoms with E-state index >= 15 is 0 Å². The lowest BCUT2D eigenvalue weighted by Crippen LogP contribution is -2.34. The fraction of sp³-hybridized carbons (Fsp3) is 0.211. The monoisotopic (exact) mass is 338 g/mol. The zero-order valence-electron chi connectivity index (χ0n) is 13.7. The number of hydrogen-bond acceptors (Lipinski definition) is 4. The van der Waals surface area contributed by atoms with Crippen molar-refractivity contribution in [3.05, 3.63) is 65.9 Å². The Morgan fingerprint density at radius 1 is 1.20 bits per heavy atom. The number of aliphatic carboxylic acids is 1. The van der Waals surface area contributed by atoms with Crippen molar-refractivity contribution in [3.8, 4) is 0 Å². The number of carboxylic acid groups (broad SMARTS) is 1. The lowest BCUT2D eigenvalue weighted by molar-refractivity contribution is -0.141. The Hall–Kier alpha value is -3.15. The summed E-state index contributed by atoms with van der Waals surface area (Å²) in [5.41, 5.74) is 1.09. The highest BCUT2D eigenvalue weighted by Crippen LogP contribution is 2.18. The van der Waals surface area contributed by atoms with Gasteiger partial charge in [0.05, 0.1) is 5.92 Å². The largest absolute Gasteiger partial charge is 0.481 e. The van der Waals surface area contributed by atoms with Crippen molar-refractivity contribution in [2.75, 3.05) is 6.54 Å². The van der Waals surface area contributed by atoms with Gasteiger partial charge in [-0.2, -0.15) is 0 Å². The average molecular weight is 338 g/mol. The zero-order valence-corrected chi connectivity index (χ0v) is 13.7. The zero-order chi connectivity index (χ0) is 17.8. The number of carbonyl (C=O) groups excluding carboxylic acids is 1. The van der Waals surface area contributed by atoms with Crippen molar-refractivity contribution in [1.29, 1.82) is 0 Å². The van der Waals surface area contributed by atoms with Gasteiger partial charge < -0.3 is 14.8 Å². The molecule has 128 valence electrons. The maximum atomic E-state index is 12.1. The first-order chi connectivity index (χ1) is 12.0. The number of carboxylic acids is 1. The number of nitrogens with one attached hydrogen (secondary N) is 1. The summed E-state index contributed by atoms with van der Waals surface area (Å²) in [6.07, 6.45) is 1.52. The standard InChI is InChI=1S/C19H18N2O4/c1-12-17(21-11-25-12)18(22)20-10-16(19(23)24)9-13-6-7-14-4-2-3-5-15(14)8-13/h2-8,11,16H,9-10H2,1H3,(H,20,22)(H,23,24)/t16-/m0/s1. The first kappa shape index (κ1) is 16.7. The summed E-state index contributed by atoms with van der Waals surface area (Å²) in [6.45, 7) is 1.65. The van der Waals surface area contributed by atoms with Crippen LogP contribution in [0.3, 0.4) is 0 Å². The third-order valence-corrected chi connectivity index (χ3v) is 4.11. The second-order valence-corrected chi connectivity index (χ2v) is 5.89. The number of rotatable bonds is 6. The van der Waals surface area contributed by atoms with Gasteiger partial charge in [-0.3, -0.25) is 9.59 Å². The lowest BCUT2D eigenvalue weighted by Gasteiger charge is -2.13. The van der Waals surface area contributed by atoms with Crippen molar-refractivity contribution in [3.63, 3.8) is 0 Å². The predicted molar refractivity (Wildman–Crippen MR) is 92.4 cm³/mol. The fourth-order valence-corrected chi connectivity index (χ4v) is 2.72. The molecule has 0 bridgehead atoms. The third kappa shape index (κ3) is 3.85. The average Bonchev–Trinajstić information content (AvgIpc) is 3.04. The minimum atomic E-state index is -0.953. The summed E-state index contributed by atoms with van der Waals surface area (Å²) >= 11 is 0. The number of carbonyl (C=O) groups is 2. The van der Waals surface area contributed by atoms with E-state index < -0.39 is 17.8 Å². The van der Waals surface area contributed by atoms with Crippen molar-refractivity contribution in [1.82, 2.24) is 10.3 Å². The van der Waals surface area contributed by atoms with E-state index in [9.17, 15) is 14.7 Å². The smallest absolute Gasteiger partial charge is 0.308 e. The molecular formula is C19H18N2O4. The second kappa shape index (κ2) is 7.17. The Morgan fingerprint density at radius 2 is 1.96 bits per heavy atom. The normalized spacial score (nSPS) is 12.0. The van der Waals surface area contributed by atoms with E-state index in [4.69, 9.17) is 4.42 Å². The summed E-state index contributed by atoms with van der Waals surface area (Å²) in [4.78, 5) is 27.4. The van der Waals surface area contributed by atoms with Crippen LogP contribution >= 0.6 is 0 Å². The predicted octanol–water partition coefficient (Wildman–Crippen LogP) is 2.81. The third-order valence-electron chi connectivity index (χ3n) is 4.11. The Kier molecular flexibility index (Phi) is 4.79. The van der Waals surface area contributed by atoms with Gasteiger partial charge in [-0.05, 0) is 29.7 Å². The van der Waals surface area contributed by atoms with Crippen LogP contribution in [-0.2, 0) is 11.2 Å². The molecule has 0 saturated carbocycles. The molecule has 1 heterocycles. The summed E-state index contributed by atoms with van der Waals surface area (Å²) in [5, 5.41) is 14.2. The van der Waals surface area contributed by atoms with Gasteiger partial charge in [-0.1, -0.05) is 42.5 Å². The molecule has 0 spiro atoms. The van der Waals surface area contributed by atoms with E-state index in [-0.39, 0.29) is 12.2 Å².